The average Bonchev–Trinajstić information content (AvgIpc) is 2.66. The van der Waals surface area contributed by atoms with Gasteiger partial charge in [0.05, 0.1) is 12.8 Å². The quantitative estimate of drug-likeness (QED) is 0.288. The van der Waals surface area contributed by atoms with Crippen molar-refractivity contribution >= 4 is 18.0 Å². The van der Waals surface area contributed by atoms with Gasteiger partial charge in [-0.25, -0.2) is 9.82 Å². The van der Waals surface area contributed by atoms with Crippen LogP contribution in [0, 0.1) is 5.82 Å². The summed E-state index contributed by atoms with van der Waals surface area (Å²) in [6, 6.07) is 5.74. The molecular weight excluding hydrogens is 345 g/mol. The zero-order chi connectivity index (χ0) is 19.7. The predicted octanol–water partition coefficient (Wildman–Crippen LogP) is 4.31. The molecule has 0 atom stereocenters. The second-order valence-electron chi connectivity index (χ2n) is 6.70. The Kier molecular flexibility index (Phi) is 12.6. The zero-order valence-electron chi connectivity index (χ0n) is 16.3. The molecule has 0 radical (unpaired) electrons. The highest BCUT2D eigenvalue weighted by Crippen LogP contribution is 2.10. The summed E-state index contributed by atoms with van der Waals surface area (Å²) in [6.07, 6.45) is 12.7. The Morgan fingerprint density at radius 3 is 2.15 bits per heavy atom. The number of carbonyl (C=O) groups excluding carboxylic acids is 2. The molecule has 5 nitrogen and oxygen atoms in total. The van der Waals surface area contributed by atoms with Gasteiger partial charge in [0.15, 0.2) is 0 Å². The molecule has 150 valence electrons. The van der Waals surface area contributed by atoms with Crippen molar-refractivity contribution in [3.8, 4) is 0 Å². The van der Waals surface area contributed by atoms with E-state index < -0.39 is 5.91 Å². The molecule has 2 amide bonds. The summed E-state index contributed by atoms with van der Waals surface area (Å²) in [5.74, 6) is -0.838. The van der Waals surface area contributed by atoms with Gasteiger partial charge in [-0.3, -0.25) is 9.59 Å². The number of halogens is 1. The van der Waals surface area contributed by atoms with Crippen LogP contribution in [-0.4, -0.2) is 24.6 Å². The van der Waals surface area contributed by atoms with E-state index in [1.165, 1.54) is 56.9 Å². The predicted molar refractivity (Wildman–Crippen MR) is 107 cm³/mol. The molecule has 0 heterocycles. The van der Waals surface area contributed by atoms with Crippen LogP contribution in [0.4, 0.5) is 4.39 Å². The Morgan fingerprint density at radius 1 is 0.926 bits per heavy atom. The Morgan fingerprint density at radius 2 is 1.52 bits per heavy atom. The van der Waals surface area contributed by atoms with E-state index in [2.05, 4.69) is 22.8 Å². The van der Waals surface area contributed by atoms with E-state index in [-0.39, 0.29) is 18.3 Å². The lowest BCUT2D eigenvalue weighted by Gasteiger charge is -2.04. The molecule has 0 bridgehead atoms. The summed E-state index contributed by atoms with van der Waals surface area (Å²) >= 11 is 0. The van der Waals surface area contributed by atoms with Gasteiger partial charge in [0, 0.05) is 6.42 Å². The van der Waals surface area contributed by atoms with E-state index in [9.17, 15) is 14.0 Å². The molecule has 0 fully saturated rings. The summed E-state index contributed by atoms with van der Waals surface area (Å²) in [6.45, 7) is 2.12. The van der Waals surface area contributed by atoms with E-state index in [0.29, 0.717) is 12.0 Å². The molecule has 0 aliphatic heterocycles. The summed E-state index contributed by atoms with van der Waals surface area (Å²) in [7, 11) is 0. The number of hydrogen-bond donors (Lipinski definition) is 2. The Bertz CT molecular complexity index is 573. The van der Waals surface area contributed by atoms with E-state index >= 15 is 0 Å². The summed E-state index contributed by atoms with van der Waals surface area (Å²) in [4.78, 5) is 23.3. The number of nitrogens with zero attached hydrogens (tertiary/aromatic N) is 1. The monoisotopic (exact) mass is 377 g/mol. The van der Waals surface area contributed by atoms with Crippen molar-refractivity contribution in [3.05, 3.63) is 35.6 Å². The van der Waals surface area contributed by atoms with Gasteiger partial charge in [0.25, 0.3) is 5.91 Å². The van der Waals surface area contributed by atoms with Crippen molar-refractivity contribution < 1.29 is 14.0 Å². The lowest BCUT2D eigenvalue weighted by Crippen LogP contribution is -2.34. The van der Waals surface area contributed by atoms with Gasteiger partial charge in [0.2, 0.25) is 5.91 Å². The number of nitrogens with one attached hydrogen (secondary N) is 2. The van der Waals surface area contributed by atoms with Gasteiger partial charge < -0.3 is 5.32 Å². The summed E-state index contributed by atoms with van der Waals surface area (Å²) in [5, 5.41) is 6.36. The first kappa shape index (κ1) is 22.8. The van der Waals surface area contributed by atoms with Gasteiger partial charge in [-0.05, 0) is 24.1 Å². The molecular formula is C21H32FN3O2. The number of hydrazone groups is 1. The topological polar surface area (TPSA) is 70.6 Å². The molecule has 2 N–H and O–H groups in total. The SMILES string of the molecule is CCCCCCCCCCCC(=O)NCC(=O)N/N=C\c1ccc(F)cc1. The maximum Gasteiger partial charge on any atom is 0.259 e. The zero-order valence-corrected chi connectivity index (χ0v) is 16.3. The standard InChI is InChI=1S/C21H32FN3O2/c1-2-3-4-5-6-7-8-9-10-11-20(26)23-17-21(27)25-24-16-18-12-14-19(22)15-13-18/h12-16H,2-11,17H2,1H3,(H,23,26)(H,25,27)/b24-16-. The van der Waals surface area contributed by atoms with Crippen molar-refractivity contribution in [3.63, 3.8) is 0 Å². The number of hydrogen-bond acceptors (Lipinski definition) is 3. The Hall–Kier alpha value is -2.24. The molecule has 0 aliphatic carbocycles. The van der Waals surface area contributed by atoms with Crippen molar-refractivity contribution in [2.24, 2.45) is 5.10 Å². The highest BCUT2D eigenvalue weighted by Gasteiger charge is 2.04. The second kappa shape index (κ2) is 14.9. The highest BCUT2D eigenvalue weighted by molar-refractivity contribution is 5.86. The number of unbranched alkanes of at least 4 members (excludes halogenated alkanes) is 8. The summed E-state index contributed by atoms with van der Waals surface area (Å²) < 4.78 is 12.8. The van der Waals surface area contributed by atoms with Crippen LogP contribution in [0.15, 0.2) is 29.4 Å². The third kappa shape index (κ3) is 12.7. The van der Waals surface area contributed by atoms with E-state index in [4.69, 9.17) is 0 Å². The lowest BCUT2D eigenvalue weighted by atomic mass is 10.1. The molecule has 27 heavy (non-hydrogen) atoms. The van der Waals surface area contributed by atoms with Gasteiger partial charge in [0.1, 0.15) is 5.82 Å². The van der Waals surface area contributed by atoms with Gasteiger partial charge in [-0.15, -0.1) is 0 Å². The second-order valence-corrected chi connectivity index (χ2v) is 6.70. The van der Waals surface area contributed by atoms with Crippen LogP contribution in [0.1, 0.15) is 76.7 Å². The molecule has 0 aromatic heterocycles. The largest absolute Gasteiger partial charge is 0.347 e. The molecule has 1 rings (SSSR count). The normalized spacial score (nSPS) is 10.9. The van der Waals surface area contributed by atoms with Crippen LogP contribution in [-0.2, 0) is 9.59 Å². The van der Waals surface area contributed by atoms with Gasteiger partial charge in [-0.1, -0.05) is 70.4 Å². The number of amides is 2. The first-order valence-electron chi connectivity index (χ1n) is 9.96. The Labute approximate surface area is 161 Å². The van der Waals surface area contributed by atoms with Gasteiger partial charge >= 0.3 is 0 Å². The molecule has 1 aromatic carbocycles. The first-order chi connectivity index (χ1) is 13.1. The Balaban J connectivity index is 2.00. The minimum atomic E-state index is -0.395. The van der Waals surface area contributed by atoms with Crippen LogP contribution in [0.2, 0.25) is 0 Å². The van der Waals surface area contributed by atoms with Crippen molar-refractivity contribution in [2.45, 2.75) is 71.1 Å². The third-order valence-corrected chi connectivity index (χ3v) is 4.23. The lowest BCUT2D eigenvalue weighted by molar-refractivity contribution is -0.126. The number of carbonyl (C=O) groups is 2. The molecule has 1 aromatic rings. The molecule has 0 unspecified atom stereocenters. The maximum atomic E-state index is 12.8. The van der Waals surface area contributed by atoms with Crippen molar-refractivity contribution in [1.82, 2.24) is 10.7 Å². The van der Waals surface area contributed by atoms with Crippen LogP contribution in [0.3, 0.4) is 0 Å². The molecule has 0 saturated heterocycles. The van der Waals surface area contributed by atoms with Crippen molar-refractivity contribution in [1.29, 1.82) is 0 Å². The number of rotatable bonds is 14. The third-order valence-electron chi connectivity index (χ3n) is 4.23. The highest BCUT2D eigenvalue weighted by atomic mass is 19.1. The minimum absolute atomic E-state index is 0.100. The molecule has 0 aliphatic rings. The van der Waals surface area contributed by atoms with Crippen molar-refractivity contribution in [2.75, 3.05) is 6.54 Å². The van der Waals surface area contributed by atoms with E-state index in [0.717, 1.165) is 19.3 Å². The summed E-state index contributed by atoms with van der Waals surface area (Å²) in [5.41, 5.74) is 3.00. The molecule has 0 saturated carbocycles. The van der Waals surface area contributed by atoms with E-state index in [1.807, 2.05) is 0 Å². The fraction of sp³-hybridized carbons (Fsp3) is 0.571. The van der Waals surface area contributed by atoms with Gasteiger partial charge in [-0.2, -0.15) is 5.10 Å². The smallest absolute Gasteiger partial charge is 0.259 e. The van der Waals surface area contributed by atoms with E-state index in [1.54, 1.807) is 12.1 Å². The fourth-order valence-electron chi connectivity index (χ4n) is 2.63. The van der Waals surface area contributed by atoms with Crippen LogP contribution >= 0.6 is 0 Å². The maximum absolute atomic E-state index is 12.8. The minimum Gasteiger partial charge on any atom is -0.347 e. The van der Waals surface area contributed by atoms with Crippen LogP contribution in [0.25, 0.3) is 0 Å². The fourth-order valence-corrected chi connectivity index (χ4v) is 2.63. The van der Waals surface area contributed by atoms with Crippen LogP contribution < -0.4 is 10.7 Å². The molecule has 6 heteroatoms. The first-order valence-corrected chi connectivity index (χ1v) is 9.96. The number of benzene rings is 1. The van der Waals surface area contributed by atoms with Crippen LogP contribution in [0.5, 0.6) is 0 Å². The average molecular weight is 378 g/mol. The molecule has 0 spiro atoms.